The molecule has 0 unspecified atom stereocenters. The Morgan fingerprint density at radius 2 is 1.72 bits per heavy atom. The Labute approximate surface area is 106 Å². The first kappa shape index (κ1) is 10.3. The van der Waals surface area contributed by atoms with Gasteiger partial charge in [-0.05, 0) is 35.6 Å². The quantitative estimate of drug-likeness (QED) is 0.760. The van der Waals surface area contributed by atoms with Crippen molar-refractivity contribution in [2.45, 2.75) is 24.9 Å². The van der Waals surface area contributed by atoms with Gasteiger partial charge in [-0.2, -0.15) is 5.06 Å². The summed E-state index contributed by atoms with van der Waals surface area (Å²) in [5, 5.41) is 12.1. The van der Waals surface area contributed by atoms with Crippen LogP contribution in [0.4, 0.5) is 0 Å². The van der Waals surface area contributed by atoms with E-state index in [0.29, 0.717) is 0 Å². The van der Waals surface area contributed by atoms with E-state index in [1.165, 1.54) is 22.3 Å². The van der Waals surface area contributed by atoms with Crippen LogP contribution in [0.1, 0.15) is 35.2 Å². The molecule has 2 aliphatic heterocycles. The van der Waals surface area contributed by atoms with Gasteiger partial charge in [0.15, 0.2) is 0 Å². The minimum atomic E-state index is -0.393. The zero-order valence-electron chi connectivity index (χ0n) is 10.3. The van der Waals surface area contributed by atoms with Crippen molar-refractivity contribution in [1.82, 2.24) is 5.06 Å². The summed E-state index contributed by atoms with van der Waals surface area (Å²) >= 11 is 0. The van der Waals surface area contributed by atoms with Crippen LogP contribution in [-0.4, -0.2) is 10.3 Å². The van der Waals surface area contributed by atoms with E-state index in [4.69, 9.17) is 0 Å². The van der Waals surface area contributed by atoms with E-state index in [0.717, 1.165) is 6.42 Å². The average molecular weight is 237 g/mol. The molecule has 2 nitrogen and oxygen atoms in total. The highest BCUT2D eigenvalue weighted by Gasteiger charge is 2.51. The van der Waals surface area contributed by atoms with Crippen LogP contribution in [0.3, 0.4) is 0 Å². The molecule has 1 N–H and O–H groups in total. The summed E-state index contributed by atoms with van der Waals surface area (Å²) in [6, 6.07) is 16.9. The summed E-state index contributed by atoms with van der Waals surface area (Å²) < 4.78 is 0. The van der Waals surface area contributed by atoms with Gasteiger partial charge in [0.1, 0.15) is 0 Å². The standard InChI is InChI=1S/C16H15NO/c1-16-13-8-4-2-6-11(13)10-15(17(16)18)12-7-3-5-9-14(12)16/h2-9,15,18H,10H2,1H3/t15-,16+/m1/s1. The van der Waals surface area contributed by atoms with Gasteiger partial charge >= 0.3 is 0 Å². The van der Waals surface area contributed by atoms with Crippen LogP contribution >= 0.6 is 0 Å². The van der Waals surface area contributed by atoms with Crippen LogP contribution in [-0.2, 0) is 12.0 Å². The van der Waals surface area contributed by atoms with Gasteiger partial charge < -0.3 is 5.21 Å². The smallest absolute Gasteiger partial charge is 0.0942 e. The minimum absolute atomic E-state index is 0.0982. The fourth-order valence-electron chi connectivity index (χ4n) is 3.64. The van der Waals surface area contributed by atoms with E-state index in [2.05, 4.69) is 55.5 Å². The lowest BCUT2D eigenvalue weighted by Gasteiger charge is -2.40. The zero-order valence-corrected chi connectivity index (χ0v) is 10.3. The molecular weight excluding hydrogens is 222 g/mol. The van der Waals surface area contributed by atoms with Gasteiger partial charge in [-0.25, -0.2) is 0 Å². The Kier molecular flexibility index (Phi) is 1.84. The first-order valence-electron chi connectivity index (χ1n) is 6.39. The van der Waals surface area contributed by atoms with Gasteiger partial charge in [0, 0.05) is 0 Å². The lowest BCUT2D eigenvalue weighted by atomic mass is 9.82. The highest BCUT2D eigenvalue weighted by molar-refractivity contribution is 5.53. The SMILES string of the molecule is C[C@]12c3ccccc3C[C@H](c3ccccc31)N2O. The van der Waals surface area contributed by atoms with Crippen molar-refractivity contribution in [3.8, 4) is 0 Å². The third-order valence-corrected chi connectivity index (χ3v) is 4.55. The molecule has 2 atom stereocenters. The van der Waals surface area contributed by atoms with E-state index in [1.54, 1.807) is 5.06 Å². The van der Waals surface area contributed by atoms with Crippen LogP contribution in [0.15, 0.2) is 48.5 Å². The lowest BCUT2D eigenvalue weighted by Crippen LogP contribution is -2.43. The number of hydroxylamine groups is 2. The maximum absolute atomic E-state index is 10.6. The van der Waals surface area contributed by atoms with Gasteiger partial charge in [0.05, 0.1) is 11.6 Å². The molecule has 0 saturated carbocycles. The van der Waals surface area contributed by atoms with E-state index in [9.17, 15) is 5.21 Å². The fourth-order valence-corrected chi connectivity index (χ4v) is 3.64. The molecule has 2 aromatic rings. The summed E-state index contributed by atoms with van der Waals surface area (Å²) in [6.45, 7) is 2.11. The second-order valence-electron chi connectivity index (χ2n) is 5.38. The predicted molar refractivity (Wildman–Crippen MR) is 69.4 cm³/mol. The molecule has 18 heavy (non-hydrogen) atoms. The molecule has 90 valence electrons. The molecule has 2 heterocycles. The summed E-state index contributed by atoms with van der Waals surface area (Å²) in [7, 11) is 0. The molecule has 0 radical (unpaired) electrons. The van der Waals surface area contributed by atoms with Gasteiger partial charge in [0.25, 0.3) is 0 Å². The molecule has 4 rings (SSSR count). The van der Waals surface area contributed by atoms with Gasteiger partial charge in [-0.15, -0.1) is 0 Å². The van der Waals surface area contributed by atoms with E-state index in [1.807, 2.05) is 0 Å². The van der Waals surface area contributed by atoms with Crippen molar-refractivity contribution in [2.75, 3.05) is 0 Å². The Morgan fingerprint density at radius 1 is 1.06 bits per heavy atom. The van der Waals surface area contributed by atoms with Gasteiger partial charge in [-0.3, -0.25) is 0 Å². The molecule has 0 aliphatic carbocycles. The maximum atomic E-state index is 10.6. The number of nitrogens with zero attached hydrogens (tertiary/aromatic N) is 1. The molecular formula is C16H15NO. The molecule has 0 saturated heterocycles. The highest BCUT2D eigenvalue weighted by Crippen LogP contribution is 2.54. The van der Waals surface area contributed by atoms with Crippen LogP contribution in [0.2, 0.25) is 0 Å². The number of hydrogen-bond donors (Lipinski definition) is 1. The van der Waals surface area contributed by atoms with Gasteiger partial charge in [0.2, 0.25) is 0 Å². The van der Waals surface area contributed by atoms with Crippen molar-refractivity contribution < 1.29 is 5.21 Å². The van der Waals surface area contributed by atoms with Crippen LogP contribution < -0.4 is 0 Å². The second kappa shape index (κ2) is 3.22. The Hall–Kier alpha value is -1.64. The van der Waals surface area contributed by atoms with Crippen LogP contribution in [0, 0.1) is 0 Å². The summed E-state index contributed by atoms with van der Waals surface area (Å²) in [6.07, 6.45) is 0.888. The second-order valence-corrected chi connectivity index (χ2v) is 5.38. The van der Waals surface area contributed by atoms with E-state index < -0.39 is 5.54 Å². The van der Waals surface area contributed by atoms with Crippen LogP contribution in [0.5, 0.6) is 0 Å². The highest BCUT2D eigenvalue weighted by atomic mass is 16.5. The Bertz CT molecular complexity index is 623. The molecule has 2 bridgehead atoms. The molecule has 0 fully saturated rings. The van der Waals surface area contributed by atoms with Crippen molar-refractivity contribution in [3.05, 3.63) is 70.8 Å². The monoisotopic (exact) mass is 237 g/mol. The summed E-state index contributed by atoms with van der Waals surface area (Å²) in [5.74, 6) is 0. The number of rotatable bonds is 0. The predicted octanol–water partition coefficient (Wildman–Crippen LogP) is 3.25. The minimum Gasteiger partial charge on any atom is -0.312 e. The summed E-state index contributed by atoms with van der Waals surface area (Å²) in [5.41, 5.74) is 4.69. The molecule has 0 amide bonds. The molecule has 2 aliphatic rings. The van der Waals surface area contributed by atoms with Crippen LogP contribution in [0.25, 0.3) is 0 Å². The first-order chi connectivity index (χ1) is 8.73. The number of hydrogen-bond acceptors (Lipinski definition) is 2. The number of benzene rings is 2. The summed E-state index contributed by atoms with van der Waals surface area (Å²) in [4.78, 5) is 0. The molecule has 2 aromatic carbocycles. The Morgan fingerprint density at radius 3 is 2.56 bits per heavy atom. The van der Waals surface area contributed by atoms with E-state index >= 15 is 0 Å². The van der Waals surface area contributed by atoms with Crippen molar-refractivity contribution in [1.29, 1.82) is 0 Å². The fraction of sp³-hybridized carbons (Fsp3) is 0.250. The third-order valence-electron chi connectivity index (χ3n) is 4.55. The van der Waals surface area contributed by atoms with Crippen molar-refractivity contribution >= 4 is 0 Å². The molecule has 0 aromatic heterocycles. The number of fused-ring (bicyclic) bond motifs is 7. The maximum Gasteiger partial charge on any atom is 0.0942 e. The molecule has 2 heteroatoms. The normalized spacial score (nSPS) is 28.9. The zero-order chi connectivity index (χ0) is 12.3. The lowest BCUT2D eigenvalue weighted by molar-refractivity contribution is -0.183. The third kappa shape index (κ3) is 1.01. The average Bonchev–Trinajstić information content (AvgIpc) is 2.56. The Balaban J connectivity index is 2.08. The van der Waals surface area contributed by atoms with Crippen molar-refractivity contribution in [2.24, 2.45) is 0 Å². The topological polar surface area (TPSA) is 23.5 Å². The largest absolute Gasteiger partial charge is 0.312 e. The van der Waals surface area contributed by atoms with Crippen molar-refractivity contribution in [3.63, 3.8) is 0 Å². The molecule has 0 spiro atoms. The van der Waals surface area contributed by atoms with E-state index in [-0.39, 0.29) is 6.04 Å². The van der Waals surface area contributed by atoms with Gasteiger partial charge in [-0.1, -0.05) is 48.5 Å². The first-order valence-corrected chi connectivity index (χ1v) is 6.39.